The Labute approximate surface area is 166 Å². The molecule has 0 unspecified atom stereocenters. The fourth-order valence-corrected chi connectivity index (χ4v) is 3.03. The summed E-state index contributed by atoms with van der Waals surface area (Å²) in [6.07, 6.45) is 1.57. The molecular weight excluding hydrogens is 469 g/mol. The van der Waals surface area contributed by atoms with Crippen LogP contribution in [0.5, 0.6) is 0 Å². The van der Waals surface area contributed by atoms with E-state index in [1.165, 1.54) is 4.68 Å². The van der Waals surface area contributed by atoms with Gasteiger partial charge >= 0.3 is 0 Å². The molecule has 0 spiro atoms. The SMILES string of the molecule is Cc1cc(-n2[nH]c(C)c(C=Nc3ccc(Br)c(Cl)c3)c2=O)ccc1Br. The normalized spacial score (nSPS) is 11.4. The number of hydrogen-bond donors (Lipinski definition) is 1. The van der Waals surface area contributed by atoms with E-state index >= 15 is 0 Å². The van der Waals surface area contributed by atoms with Gasteiger partial charge in [0, 0.05) is 20.9 Å². The third-order valence-corrected chi connectivity index (χ3v) is 5.88. The Balaban J connectivity index is 1.99. The van der Waals surface area contributed by atoms with E-state index in [1.54, 1.807) is 12.3 Å². The summed E-state index contributed by atoms with van der Waals surface area (Å²) in [5.41, 5.74) is 3.62. The molecule has 3 rings (SSSR count). The van der Waals surface area contributed by atoms with Gasteiger partial charge in [0.15, 0.2) is 0 Å². The predicted molar refractivity (Wildman–Crippen MR) is 110 cm³/mol. The lowest BCUT2D eigenvalue weighted by atomic mass is 10.2. The summed E-state index contributed by atoms with van der Waals surface area (Å²) in [6.45, 7) is 3.83. The number of nitrogens with one attached hydrogen (secondary N) is 1. The zero-order chi connectivity index (χ0) is 18.1. The fourth-order valence-electron chi connectivity index (χ4n) is 2.37. The molecule has 0 bridgehead atoms. The van der Waals surface area contributed by atoms with Crippen molar-refractivity contribution in [1.82, 2.24) is 9.78 Å². The van der Waals surface area contributed by atoms with Gasteiger partial charge in [-0.3, -0.25) is 14.9 Å². The lowest BCUT2D eigenvalue weighted by Gasteiger charge is -2.04. The Kier molecular flexibility index (Phi) is 5.32. The Morgan fingerprint density at radius 2 is 1.84 bits per heavy atom. The first kappa shape index (κ1) is 18.2. The number of benzene rings is 2. The van der Waals surface area contributed by atoms with Crippen molar-refractivity contribution in [1.29, 1.82) is 0 Å². The number of hydrogen-bond acceptors (Lipinski definition) is 2. The van der Waals surface area contributed by atoms with Gasteiger partial charge in [-0.2, -0.15) is 0 Å². The summed E-state index contributed by atoms with van der Waals surface area (Å²) in [6, 6.07) is 11.1. The van der Waals surface area contributed by atoms with Gasteiger partial charge in [-0.1, -0.05) is 27.5 Å². The number of aromatic amines is 1. The highest BCUT2D eigenvalue weighted by Gasteiger charge is 2.11. The molecule has 0 amide bonds. The maximum Gasteiger partial charge on any atom is 0.280 e. The first-order valence-corrected chi connectivity index (χ1v) is 9.40. The molecule has 0 saturated heterocycles. The maximum atomic E-state index is 12.7. The molecule has 0 fully saturated rings. The van der Waals surface area contributed by atoms with Gasteiger partial charge in [-0.15, -0.1) is 0 Å². The highest BCUT2D eigenvalue weighted by atomic mass is 79.9. The van der Waals surface area contributed by atoms with Crippen molar-refractivity contribution in [2.75, 3.05) is 0 Å². The molecule has 0 aliphatic heterocycles. The van der Waals surface area contributed by atoms with Crippen molar-refractivity contribution >= 4 is 55.4 Å². The zero-order valence-electron chi connectivity index (χ0n) is 13.5. The number of aryl methyl sites for hydroxylation is 2. The van der Waals surface area contributed by atoms with Crippen LogP contribution in [0.3, 0.4) is 0 Å². The molecule has 1 aromatic heterocycles. The Morgan fingerprint density at radius 1 is 1.12 bits per heavy atom. The van der Waals surface area contributed by atoms with E-state index in [2.05, 4.69) is 42.0 Å². The van der Waals surface area contributed by atoms with Gasteiger partial charge in [-0.25, -0.2) is 4.68 Å². The van der Waals surface area contributed by atoms with Gasteiger partial charge in [0.2, 0.25) is 0 Å². The van der Waals surface area contributed by atoms with E-state index in [4.69, 9.17) is 11.6 Å². The van der Waals surface area contributed by atoms with Gasteiger partial charge < -0.3 is 0 Å². The van der Waals surface area contributed by atoms with Crippen LogP contribution >= 0.6 is 43.5 Å². The quantitative estimate of drug-likeness (QED) is 0.477. The first-order chi connectivity index (χ1) is 11.9. The number of H-pyrrole nitrogens is 1. The molecular formula is C18H14Br2ClN3O. The van der Waals surface area contributed by atoms with Crippen molar-refractivity contribution in [3.63, 3.8) is 0 Å². The largest absolute Gasteiger partial charge is 0.295 e. The maximum absolute atomic E-state index is 12.7. The van der Waals surface area contributed by atoms with E-state index in [1.807, 2.05) is 44.2 Å². The average Bonchev–Trinajstić information content (AvgIpc) is 2.86. The number of rotatable bonds is 3. The number of halogens is 3. The minimum atomic E-state index is -0.147. The van der Waals surface area contributed by atoms with E-state index in [9.17, 15) is 4.79 Å². The van der Waals surface area contributed by atoms with E-state index in [0.717, 1.165) is 25.9 Å². The van der Waals surface area contributed by atoms with E-state index in [0.29, 0.717) is 16.3 Å². The summed E-state index contributed by atoms with van der Waals surface area (Å²) in [4.78, 5) is 17.1. The van der Waals surface area contributed by atoms with Gasteiger partial charge in [0.1, 0.15) is 0 Å². The van der Waals surface area contributed by atoms with E-state index < -0.39 is 0 Å². The highest BCUT2D eigenvalue weighted by Crippen LogP contribution is 2.27. The second-order valence-electron chi connectivity index (χ2n) is 5.58. The van der Waals surface area contributed by atoms with Crippen LogP contribution in [0.25, 0.3) is 5.69 Å². The summed E-state index contributed by atoms with van der Waals surface area (Å²) in [5, 5.41) is 3.67. The second kappa shape index (κ2) is 7.32. The van der Waals surface area contributed by atoms with Crippen LogP contribution in [0.15, 0.2) is 55.1 Å². The van der Waals surface area contributed by atoms with Gasteiger partial charge in [0.25, 0.3) is 5.56 Å². The number of aromatic nitrogens is 2. The third kappa shape index (κ3) is 3.81. The summed E-state index contributed by atoms with van der Waals surface area (Å²) >= 11 is 12.9. The molecule has 25 heavy (non-hydrogen) atoms. The summed E-state index contributed by atoms with van der Waals surface area (Å²) in [5.74, 6) is 0. The monoisotopic (exact) mass is 481 g/mol. The lowest BCUT2D eigenvalue weighted by molar-refractivity contribution is 0.834. The highest BCUT2D eigenvalue weighted by molar-refractivity contribution is 9.10. The Bertz CT molecular complexity index is 1040. The minimum absolute atomic E-state index is 0.147. The molecule has 0 aliphatic rings. The van der Waals surface area contributed by atoms with Crippen LogP contribution in [-0.2, 0) is 0 Å². The average molecular weight is 484 g/mol. The summed E-state index contributed by atoms with van der Waals surface area (Å²) in [7, 11) is 0. The molecule has 7 heteroatoms. The van der Waals surface area contributed by atoms with Crippen LogP contribution in [-0.4, -0.2) is 16.0 Å². The van der Waals surface area contributed by atoms with E-state index in [-0.39, 0.29) is 5.56 Å². The minimum Gasteiger partial charge on any atom is -0.295 e. The molecule has 128 valence electrons. The van der Waals surface area contributed by atoms with Crippen molar-refractivity contribution in [2.45, 2.75) is 13.8 Å². The standard InChI is InChI=1S/C18H14Br2ClN3O/c1-10-7-13(4-6-15(10)19)24-18(25)14(11(2)23-24)9-22-12-3-5-16(20)17(21)8-12/h3-9,23H,1-2H3. The van der Waals surface area contributed by atoms with Crippen molar-refractivity contribution in [3.8, 4) is 5.69 Å². The third-order valence-electron chi connectivity index (χ3n) is 3.76. The Morgan fingerprint density at radius 3 is 2.52 bits per heavy atom. The van der Waals surface area contributed by atoms with Crippen molar-refractivity contribution in [2.24, 2.45) is 4.99 Å². The lowest BCUT2D eigenvalue weighted by Crippen LogP contribution is -2.17. The molecule has 2 aromatic carbocycles. The van der Waals surface area contributed by atoms with Crippen LogP contribution in [0.1, 0.15) is 16.8 Å². The molecule has 0 radical (unpaired) electrons. The molecule has 0 saturated carbocycles. The van der Waals surface area contributed by atoms with Gasteiger partial charge in [0.05, 0.1) is 22.0 Å². The predicted octanol–water partition coefficient (Wildman–Crippen LogP) is 5.71. The number of aliphatic imine (C=N–C) groups is 1. The van der Waals surface area contributed by atoms with Crippen LogP contribution in [0.4, 0.5) is 5.69 Å². The summed E-state index contributed by atoms with van der Waals surface area (Å²) < 4.78 is 3.32. The molecule has 1 heterocycles. The molecule has 0 aliphatic carbocycles. The smallest absolute Gasteiger partial charge is 0.280 e. The fraction of sp³-hybridized carbons (Fsp3) is 0.111. The van der Waals surface area contributed by atoms with Gasteiger partial charge in [-0.05, 0) is 71.7 Å². The van der Waals surface area contributed by atoms with Crippen molar-refractivity contribution in [3.05, 3.63) is 77.5 Å². The molecule has 1 N–H and O–H groups in total. The Hall–Kier alpha value is -1.63. The van der Waals surface area contributed by atoms with Crippen LogP contribution in [0.2, 0.25) is 5.02 Å². The molecule has 0 atom stereocenters. The van der Waals surface area contributed by atoms with Crippen molar-refractivity contribution < 1.29 is 0 Å². The van der Waals surface area contributed by atoms with Crippen LogP contribution in [0, 0.1) is 13.8 Å². The topological polar surface area (TPSA) is 50.1 Å². The first-order valence-electron chi connectivity index (χ1n) is 7.44. The number of nitrogens with zero attached hydrogens (tertiary/aromatic N) is 2. The zero-order valence-corrected chi connectivity index (χ0v) is 17.4. The molecule has 4 nitrogen and oxygen atoms in total. The van der Waals surface area contributed by atoms with Crippen LogP contribution < -0.4 is 5.56 Å². The molecule has 3 aromatic rings. The second-order valence-corrected chi connectivity index (χ2v) is 7.70.